The molecular formula is C19H26N2O3S2. The molecule has 2 N–H and O–H groups in total. The van der Waals surface area contributed by atoms with Gasteiger partial charge in [-0.05, 0) is 55.8 Å². The Morgan fingerprint density at radius 2 is 2.00 bits per heavy atom. The third kappa shape index (κ3) is 5.16. The van der Waals surface area contributed by atoms with Crippen molar-refractivity contribution in [3.8, 4) is 11.1 Å². The Morgan fingerprint density at radius 3 is 2.62 bits per heavy atom. The van der Waals surface area contributed by atoms with Crippen LogP contribution < -0.4 is 4.72 Å². The molecule has 0 saturated heterocycles. The van der Waals surface area contributed by atoms with Crippen LogP contribution in [-0.2, 0) is 17.5 Å². The Labute approximate surface area is 161 Å². The molecule has 2 aromatic rings. The summed E-state index contributed by atoms with van der Waals surface area (Å²) in [5, 5.41) is 11.2. The molecule has 1 aromatic heterocycles. The molecule has 0 aliphatic rings. The van der Waals surface area contributed by atoms with E-state index in [-0.39, 0.29) is 10.8 Å². The number of carbonyl (C=O) groups is 1. The molecule has 5 nitrogen and oxygen atoms in total. The molecule has 142 valence electrons. The molecule has 1 aromatic carbocycles. The zero-order valence-electron chi connectivity index (χ0n) is 15.8. The molecule has 0 radical (unpaired) electrons. The first-order chi connectivity index (χ1) is 12.1. The average molecular weight is 395 g/mol. The van der Waals surface area contributed by atoms with E-state index in [9.17, 15) is 9.00 Å². The van der Waals surface area contributed by atoms with Crippen LogP contribution in [0.15, 0.2) is 35.7 Å². The van der Waals surface area contributed by atoms with Crippen molar-refractivity contribution in [3.05, 3.63) is 46.2 Å². The second-order valence-corrected chi connectivity index (χ2v) is 10.2. The van der Waals surface area contributed by atoms with Gasteiger partial charge in [0.1, 0.15) is 0 Å². The molecule has 2 rings (SSSR count). The van der Waals surface area contributed by atoms with E-state index >= 15 is 0 Å². The van der Waals surface area contributed by atoms with Crippen LogP contribution in [0.2, 0.25) is 0 Å². The second-order valence-electron chi connectivity index (χ2n) is 7.25. The summed E-state index contributed by atoms with van der Waals surface area (Å²) in [5.41, 5.74) is 3.03. The zero-order chi connectivity index (χ0) is 19.5. The van der Waals surface area contributed by atoms with Crippen molar-refractivity contribution in [2.24, 2.45) is 0 Å². The van der Waals surface area contributed by atoms with Crippen LogP contribution in [-0.4, -0.2) is 32.1 Å². The molecule has 0 spiro atoms. The maximum absolute atomic E-state index is 12.3. The highest BCUT2D eigenvalue weighted by molar-refractivity contribution is 7.84. The molecule has 0 aliphatic carbocycles. The lowest BCUT2D eigenvalue weighted by Crippen LogP contribution is -2.34. The Kier molecular flexibility index (Phi) is 6.60. The van der Waals surface area contributed by atoms with Crippen molar-refractivity contribution in [1.29, 1.82) is 0 Å². The number of amides is 1. The summed E-state index contributed by atoms with van der Waals surface area (Å²) in [7, 11) is 0.426. The molecule has 26 heavy (non-hydrogen) atoms. The second kappa shape index (κ2) is 8.33. The lowest BCUT2D eigenvalue weighted by molar-refractivity contribution is 0.154. The standard InChI is InChI=1S/C19H26N2O3S2/c1-13(20-26(24)19(2,3)4)17-10-15(12-25-17)16-9-7-6-8-14(16)11-21(5)18(22)23/h6-10,12-13,20H,11H2,1-5H3,(H,22,23)/t13-,26?/m1/s1. The third-order valence-corrected chi connectivity index (χ3v) is 6.74. The van der Waals surface area contributed by atoms with Gasteiger partial charge in [0.25, 0.3) is 0 Å². The van der Waals surface area contributed by atoms with E-state index in [2.05, 4.69) is 16.2 Å². The number of thiophene rings is 1. The fourth-order valence-corrected chi connectivity index (χ4v) is 4.17. The van der Waals surface area contributed by atoms with Crippen LogP contribution in [0.4, 0.5) is 4.79 Å². The van der Waals surface area contributed by atoms with Crippen LogP contribution >= 0.6 is 11.3 Å². The Bertz CT molecular complexity index is 796. The predicted molar refractivity (Wildman–Crippen MR) is 109 cm³/mol. The number of carboxylic acid groups (broad SMARTS) is 1. The summed E-state index contributed by atoms with van der Waals surface area (Å²) in [6, 6.07) is 9.88. The fourth-order valence-electron chi connectivity index (χ4n) is 2.38. The van der Waals surface area contributed by atoms with Gasteiger partial charge < -0.3 is 10.0 Å². The molecule has 0 bridgehead atoms. The molecule has 0 saturated carbocycles. The summed E-state index contributed by atoms with van der Waals surface area (Å²) >= 11 is 1.61. The number of nitrogens with one attached hydrogen (secondary N) is 1. The van der Waals surface area contributed by atoms with Gasteiger partial charge in [-0.15, -0.1) is 11.3 Å². The van der Waals surface area contributed by atoms with Gasteiger partial charge in [0, 0.05) is 18.5 Å². The Balaban J connectivity index is 2.22. The van der Waals surface area contributed by atoms with Crippen molar-refractivity contribution in [2.75, 3.05) is 7.05 Å². The molecule has 0 aliphatic heterocycles. The van der Waals surface area contributed by atoms with Gasteiger partial charge in [0.2, 0.25) is 0 Å². The lowest BCUT2D eigenvalue weighted by atomic mass is 10.0. The van der Waals surface area contributed by atoms with E-state index in [0.29, 0.717) is 6.54 Å². The monoisotopic (exact) mass is 394 g/mol. The van der Waals surface area contributed by atoms with Crippen molar-refractivity contribution in [3.63, 3.8) is 0 Å². The van der Waals surface area contributed by atoms with Crippen LogP contribution in [0.25, 0.3) is 11.1 Å². The maximum atomic E-state index is 12.3. The van der Waals surface area contributed by atoms with Gasteiger partial charge in [0.15, 0.2) is 0 Å². The van der Waals surface area contributed by atoms with Gasteiger partial charge in [0.05, 0.1) is 21.8 Å². The molecular weight excluding hydrogens is 368 g/mol. The highest BCUT2D eigenvalue weighted by Crippen LogP contribution is 2.32. The van der Waals surface area contributed by atoms with E-state index in [1.54, 1.807) is 18.4 Å². The van der Waals surface area contributed by atoms with Crippen LogP contribution in [0.3, 0.4) is 0 Å². The highest BCUT2D eigenvalue weighted by atomic mass is 32.2. The van der Waals surface area contributed by atoms with E-state index in [4.69, 9.17) is 5.11 Å². The van der Waals surface area contributed by atoms with Crippen LogP contribution in [0.1, 0.15) is 44.2 Å². The van der Waals surface area contributed by atoms with Gasteiger partial charge in [-0.2, -0.15) is 0 Å². The van der Waals surface area contributed by atoms with E-state index in [1.807, 2.05) is 52.0 Å². The number of hydrogen-bond acceptors (Lipinski definition) is 3. The SMILES string of the molecule is C[C@@H](NS(=O)C(C)(C)C)c1cc(-c2ccccc2CN(C)C(=O)O)cs1. The fraction of sp³-hybridized carbons (Fsp3) is 0.421. The smallest absolute Gasteiger partial charge is 0.407 e. The molecule has 1 heterocycles. The van der Waals surface area contributed by atoms with E-state index < -0.39 is 17.1 Å². The van der Waals surface area contributed by atoms with Crippen molar-refractivity contribution >= 4 is 28.4 Å². The summed E-state index contributed by atoms with van der Waals surface area (Å²) in [6.45, 7) is 8.16. The minimum absolute atomic E-state index is 0.0253. The van der Waals surface area contributed by atoms with E-state index in [1.165, 1.54) is 4.90 Å². The highest BCUT2D eigenvalue weighted by Gasteiger charge is 2.22. The number of benzene rings is 1. The minimum Gasteiger partial charge on any atom is -0.465 e. The first kappa shape index (κ1) is 20.6. The first-order valence-electron chi connectivity index (χ1n) is 8.38. The molecule has 1 amide bonds. The van der Waals surface area contributed by atoms with E-state index in [0.717, 1.165) is 21.6 Å². The first-order valence-corrected chi connectivity index (χ1v) is 10.4. The minimum atomic E-state index is -1.14. The Hall–Kier alpha value is -1.70. The summed E-state index contributed by atoms with van der Waals surface area (Å²) in [5.74, 6) is 0. The summed E-state index contributed by atoms with van der Waals surface area (Å²) < 4.78 is 15.2. The molecule has 7 heteroatoms. The molecule has 0 fully saturated rings. The van der Waals surface area contributed by atoms with Crippen LogP contribution in [0.5, 0.6) is 0 Å². The Morgan fingerprint density at radius 1 is 1.35 bits per heavy atom. The number of rotatable bonds is 6. The number of nitrogens with zero attached hydrogens (tertiary/aromatic N) is 1. The third-order valence-electron chi connectivity index (χ3n) is 3.95. The van der Waals surface area contributed by atoms with Crippen molar-refractivity contribution < 1.29 is 14.1 Å². The quantitative estimate of drug-likeness (QED) is 0.750. The summed E-state index contributed by atoms with van der Waals surface area (Å²) in [6.07, 6.45) is -0.951. The van der Waals surface area contributed by atoms with Gasteiger partial charge in [-0.25, -0.2) is 13.7 Å². The van der Waals surface area contributed by atoms with Crippen molar-refractivity contribution in [1.82, 2.24) is 9.62 Å². The normalized spacial score (nSPS) is 14.0. The maximum Gasteiger partial charge on any atom is 0.407 e. The zero-order valence-corrected chi connectivity index (χ0v) is 17.4. The summed E-state index contributed by atoms with van der Waals surface area (Å²) in [4.78, 5) is 13.5. The molecule has 1 unspecified atom stereocenters. The number of hydrogen-bond donors (Lipinski definition) is 2. The van der Waals surface area contributed by atoms with Gasteiger partial charge in [-0.3, -0.25) is 0 Å². The average Bonchev–Trinajstić information content (AvgIpc) is 3.04. The van der Waals surface area contributed by atoms with Gasteiger partial charge >= 0.3 is 6.09 Å². The molecule has 2 atom stereocenters. The largest absolute Gasteiger partial charge is 0.465 e. The van der Waals surface area contributed by atoms with Crippen molar-refractivity contribution in [2.45, 2.75) is 45.0 Å². The van der Waals surface area contributed by atoms with Gasteiger partial charge in [-0.1, -0.05) is 24.3 Å². The predicted octanol–water partition coefficient (Wildman–Crippen LogP) is 4.64. The lowest BCUT2D eigenvalue weighted by Gasteiger charge is -2.21. The topological polar surface area (TPSA) is 69.6 Å². The van der Waals surface area contributed by atoms with Crippen LogP contribution in [0, 0.1) is 0 Å².